The van der Waals surface area contributed by atoms with Crippen molar-refractivity contribution in [3.63, 3.8) is 0 Å². The zero-order valence-electron chi connectivity index (χ0n) is 20.2. The van der Waals surface area contributed by atoms with E-state index in [1.807, 2.05) is 37.3 Å². The molecular formula is C27H29N3O5S. The second-order valence-electron chi connectivity index (χ2n) is 7.98. The highest BCUT2D eigenvalue weighted by Crippen LogP contribution is 2.23. The van der Waals surface area contributed by atoms with Crippen molar-refractivity contribution in [2.45, 2.75) is 25.2 Å². The SMILES string of the molecule is CCOC(=O)CNC(=O)/C=C(\c1ccc(CCNS(=O)(=O)c2ccc(C)cc2)cc1)c1cccnc1. The number of hydrogen-bond donors (Lipinski definition) is 2. The predicted molar refractivity (Wildman–Crippen MR) is 137 cm³/mol. The number of aromatic nitrogens is 1. The van der Waals surface area contributed by atoms with Gasteiger partial charge in [-0.2, -0.15) is 0 Å². The van der Waals surface area contributed by atoms with Crippen LogP contribution in [0, 0.1) is 6.92 Å². The molecule has 0 saturated carbocycles. The fraction of sp³-hybridized carbons (Fsp3) is 0.222. The predicted octanol–water partition coefficient (Wildman–Crippen LogP) is 3.02. The van der Waals surface area contributed by atoms with E-state index in [0.29, 0.717) is 12.0 Å². The topological polar surface area (TPSA) is 114 Å². The van der Waals surface area contributed by atoms with Gasteiger partial charge >= 0.3 is 5.97 Å². The van der Waals surface area contributed by atoms with Crippen LogP contribution in [0.1, 0.15) is 29.2 Å². The van der Waals surface area contributed by atoms with Crippen LogP contribution in [0.5, 0.6) is 0 Å². The van der Waals surface area contributed by atoms with Crippen LogP contribution in [0.2, 0.25) is 0 Å². The van der Waals surface area contributed by atoms with Gasteiger partial charge in [-0.05, 0) is 55.2 Å². The Kier molecular flexibility index (Phi) is 9.49. The summed E-state index contributed by atoms with van der Waals surface area (Å²) in [6.45, 7) is 3.87. The lowest BCUT2D eigenvalue weighted by atomic mass is 9.97. The number of carbonyl (C=O) groups is 2. The first kappa shape index (κ1) is 26.8. The molecule has 0 radical (unpaired) electrons. The number of esters is 1. The van der Waals surface area contributed by atoms with Crippen molar-refractivity contribution in [1.82, 2.24) is 15.0 Å². The van der Waals surface area contributed by atoms with Crippen LogP contribution in [0.15, 0.2) is 84.0 Å². The summed E-state index contributed by atoms with van der Waals surface area (Å²) in [5.41, 5.74) is 4.07. The van der Waals surface area contributed by atoms with Crippen molar-refractivity contribution in [3.8, 4) is 0 Å². The molecule has 36 heavy (non-hydrogen) atoms. The molecular weight excluding hydrogens is 478 g/mol. The fourth-order valence-electron chi connectivity index (χ4n) is 3.39. The largest absolute Gasteiger partial charge is 0.465 e. The molecule has 0 atom stereocenters. The summed E-state index contributed by atoms with van der Waals surface area (Å²) in [6, 6.07) is 17.8. The van der Waals surface area contributed by atoms with Crippen LogP contribution in [0.4, 0.5) is 0 Å². The Balaban J connectivity index is 1.69. The van der Waals surface area contributed by atoms with Gasteiger partial charge in [-0.25, -0.2) is 13.1 Å². The van der Waals surface area contributed by atoms with Gasteiger partial charge in [0.1, 0.15) is 6.54 Å². The monoisotopic (exact) mass is 507 g/mol. The third-order valence-electron chi connectivity index (χ3n) is 5.26. The van der Waals surface area contributed by atoms with Crippen LogP contribution in [0.3, 0.4) is 0 Å². The smallest absolute Gasteiger partial charge is 0.325 e. The Hall–Kier alpha value is -3.82. The number of nitrogens with zero attached hydrogens (tertiary/aromatic N) is 1. The average molecular weight is 508 g/mol. The number of benzene rings is 2. The van der Waals surface area contributed by atoms with Gasteiger partial charge in [0, 0.05) is 30.6 Å². The minimum absolute atomic E-state index is 0.221. The Morgan fingerprint density at radius 1 is 1.00 bits per heavy atom. The summed E-state index contributed by atoms with van der Waals surface area (Å²) in [4.78, 5) is 28.4. The van der Waals surface area contributed by atoms with Crippen molar-refractivity contribution < 1.29 is 22.7 Å². The van der Waals surface area contributed by atoms with E-state index < -0.39 is 21.9 Å². The molecule has 2 aromatic carbocycles. The summed E-state index contributed by atoms with van der Waals surface area (Å²) in [5, 5.41) is 2.53. The Morgan fingerprint density at radius 2 is 1.72 bits per heavy atom. The number of pyridine rings is 1. The molecule has 0 aliphatic heterocycles. The second-order valence-corrected chi connectivity index (χ2v) is 9.75. The average Bonchev–Trinajstić information content (AvgIpc) is 2.87. The van der Waals surface area contributed by atoms with E-state index in [9.17, 15) is 18.0 Å². The first-order valence-electron chi connectivity index (χ1n) is 11.5. The maximum atomic E-state index is 12.5. The van der Waals surface area contributed by atoms with E-state index in [1.165, 1.54) is 6.08 Å². The van der Waals surface area contributed by atoms with E-state index in [1.54, 1.807) is 49.6 Å². The first-order valence-corrected chi connectivity index (χ1v) is 13.0. The maximum absolute atomic E-state index is 12.5. The van der Waals surface area contributed by atoms with Crippen LogP contribution in [0.25, 0.3) is 5.57 Å². The number of ether oxygens (including phenoxy) is 1. The van der Waals surface area contributed by atoms with Crippen LogP contribution in [-0.4, -0.2) is 45.0 Å². The molecule has 0 bridgehead atoms. The van der Waals surface area contributed by atoms with Crippen molar-refractivity contribution in [2.24, 2.45) is 0 Å². The fourth-order valence-corrected chi connectivity index (χ4v) is 4.42. The normalized spacial score (nSPS) is 11.7. The Morgan fingerprint density at radius 3 is 2.36 bits per heavy atom. The van der Waals surface area contributed by atoms with Crippen molar-refractivity contribution in [3.05, 3.63) is 101 Å². The van der Waals surface area contributed by atoms with Gasteiger partial charge in [-0.1, -0.05) is 48.0 Å². The molecule has 0 aliphatic rings. The summed E-state index contributed by atoms with van der Waals surface area (Å²) in [6.07, 6.45) is 5.21. The summed E-state index contributed by atoms with van der Waals surface area (Å²) < 4.78 is 32.4. The summed E-state index contributed by atoms with van der Waals surface area (Å²) in [7, 11) is -3.58. The molecule has 1 amide bonds. The van der Waals surface area contributed by atoms with Gasteiger partial charge in [-0.15, -0.1) is 0 Å². The number of aryl methyl sites for hydroxylation is 1. The number of amides is 1. The van der Waals surface area contributed by atoms with Gasteiger partial charge in [0.25, 0.3) is 0 Å². The lowest BCUT2D eigenvalue weighted by Gasteiger charge is -2.11. The maximum Gasteiger partial charge on any atom is 0.325 e. The molecule has 8 nitrogen and oxygen atoms in total. The first-order chi connectivity index (χ1) is 17.3. The van der Waals surface area contributed by atoms with E-state index in [4.69, 9.17) is 4.74 Å². The van der Waals surface area contributed by atoms with Gasteiger partial charge in [0.05, 0.1) is 11.5 Å². The molecule has 2 N–H and O–H groups in total. The molecule has 0 aliphatic carbocycles. The lowest BCUT2D eigenvalue weighted by molar-refractivity contribution is -0.143. The molecule has 3 aromatic rings. The van der Waals surface area contributed by atoms with Gasteiger partial charge in [0.2, 0.25) is 15.9 Å². The zero-order valence-corrected chi connectivity index (χ0v) is 21.0. The molecule has 0 saturated heterocycles. The van der Waals surface area contributed by atoms with Crippen molar-refractivity contribution >= 4 is 27.5 Å². The molecule has 188 valence electrons. The standard InChI is InChI=1S/C27H29N3O5S/c1-3-35-27(32)19-29-26(31)17-25(23-5-4-15-28-18-23)22-10-8-21(9-11-22)14-16-30-36(33,34)24-12-6-20(2)7-13-24/h4-13,15,17-18,30H,3,14,16,19H2,1-2H3,(H,29,31)/b25-17+. The lowest BCUT2D eigenvalue weighted by Crippen LogP contribution is -2.29. The number of hydrogen-bond acceptors (Lipinski definition) is 6. The molecule has 0 unspecified atom stereocenters. The number of nitrogens with one attached hydrogen (secondary N) is 2. The second kappa shape index (κ2) is 12.8. The van der Waals surface area contributed by atoms with E-state index in [2.05, 4.69) is 15.0 Å². The highest BCUT2D eigenvalue weighted by molar-refractivity contribution is 7.89. The molecule has 1 aromatic heterocycles. The third-order valence-corrected chi connectivity index (χ3v) is 6.74. The quantitative estimate of drug-likeness (QED) is 0.305. The third kappa shape index (κ3) is 7.86. The zero-order chi connectivity index (χ0) is 26.0. The Labute approximate surface area is 211 Å². The van der Waals surface area contributed by atoms with Crippen LogP contribution >= 0.6 is 0 Å². The van der Waals surface area contributed by atoms with Gasteiger partial charge in [0.15, 0.2) is 0 Å². The molecule has 0 spiro atoms. The molecule has 3 rings (SSSR count). The van der Waals surface area contributed by atoms with Crippen molar-refractivity contribution in [2.75, 3.05) is 19.7 Å². The number of sulfonamides is 1. The number of rotatable bonds is 11. The van der Waals surface area contributed by atoms with Crippen molar-refractivity contribution in [1.29, 1.82) is 0 Å². The molecule has 1 heterocycles. The summed E-state index contributed by atoms with van der Waals surface area (Å²) in [5.74, 6) is -0.943. The van der Waals surface area contributed by atoms with Crippen LogP contribution < -0.4 is 10.0 Å². The van der Waals surface area contributed by atoms with Gasteiger partial charge in [-0.3, -0.25) is 14.6 Å². The Bertz CT molecular complexity index is 1300. The minimum atomic E-state index is -3.58. The van der Waals surface area contributed by atoms with Gasteiger partial charge < -0.3 is 10.1 Å². The number of carbonyl (C=O) groups excluding carboxylic acids is 2. The minimum Gasteiger partial charge on any atom is -0.465 e. The van der Waals surface area contributed by atoms with E-state index in [-0.39, 0.29) is 24.6 Å². The summed E-state index contributed by atoms with van der Waals surface area (Å²) >= 11 is 0. The molecule has 9 heteroatoms. The van der Waals surface area contributed by atoms with Crippen LogP contribution in [-0.2, 0) is 30.8 Å². The molecule has 0 fully saturated rings. The van der Waals surface area contributed by atoms with E-state index >= 15 is 0 Å². The highest BCUT2D eigenvalue weighted by atomic mass is 32.2. The van der Waals surface area contributed by atoms with E-state index in [0.717, 1.165) is 22.3 Å². The highest BCUT2D eigenvalue weighted by Gasteiger charge is 2.13.